The number of hydrogen-bond donors (Lipinski definition) is 2. The number of amides is 1. The Morgan fingerprint density at radius 1 is 1.42 bits per heavy atom. The molecule has 1 aromatic heterocycles. The van der Waals surface area contributed by atoms with Gasteiger partial charge in [0.1, 0.15) is 11.8 Å². The van der Waals surface area contributed by atoms with E-state index in [9.17, 15) is 14.7 Å². The molecule has 0 bridgehead atoms. The molecule has 0 radical (unpaired) electrons. The minimum atomic E-state index is -1.03. The molecule has 0 fully saturated rings. The van der Waals surface area contributed by atoms with Gasteiger partial charge in [-0.25, -0.2) is 9.78 Å². The number of rotatable bonds is 5. The molecule has 2 unspecified atom stereocenters. The molecule has 0 saturated carbocycles. The lowest BCUT2D eigenvalue weighted by Gasteiger charge is -2.27. The zero-order chi connectivity index (χ0) is 17.1. The number of aromatic nitrogens is 1. The second-order valence-electron chi connectivity index (χ2n) is 6.15. The summed E-state index contributed by atoms with van der Waals surface area (Å²) in [6.45, 7) is 1.62. The maximum Gasteiger partial charge on any atom is 0.326 e. The zero-order valence-electron chi connectivity index (χ0n) is 13.5. The molecule has 3 rings (SSSR count). The van der Waals surface area contributed by atoms with Crippen LogP contribution in [0.15, 0.2) is 35.1 Å². The zero-order valence-corrected chi connectivity index (χ0v) is 13.5. The normalized spacial score (nSPS) is 17.8. The summed E-state index contributed by atoms with van der Waals surface area (Å²) in [6.07, 6.45) is 4.53. The highest BCUT2D eigenvalue weighted by atomic mass is 16.4. The van der Waals surface area contributed by atoms with Gasteiger partial charge in [0.05, 0.1) is 0 Å². The maximum absolute atomic E-state index is 12.2. The maximum atomic E-state index is 12.2. The van der Waals surface area contributed by atoms with Crippen molar-refractivity contribution in [1.29, 1.82) is 0 Å². The SMILES string of the molecule is Cc1ocnc1C(=O)NC(CC1CCCc2ccccc21)C(=O)O. The highest BCUT2D eigenvalue weighted by Crippen LogP contribution is 2.34. The number of hydrogen-bond acceptors (Lipinski definition) is 4. The molecule has 2 N–H and O–H groups in total. The second-order valence-corrected chi connectivity index (χ2v) is 6.15. The monoisotopic (exact) mass is 328 g/mol. The van der Waals surface area contributed by atoms with Gasteiger partial charge in [0.15, 0.2) is 12.1 Å². The number of nitrogens with one attached hydrogen (secondary N) is 1. The van der Waals surface area contributed by atoms with Gasteiger partial charge in [0.25, 0.3) is 5.91 Å². The first-order valence-electron chi connectivity index (χ1n) is 8.08. The largest absolute Gasteiger partial charge is 0.480 e. The van der Waals surface area contributed by atoms with Crippen molar-refractivity contribution in [2.45, 2.75) is 44.6 Å². The first-order chi connectivity index (χ1) is 11.6. The Hall–Kier alpha value is -2.63. The van der Waals surface area contributed by atoms with E-state index in [2.05, 4.69) is 22.4 Å². The number of fused-ring (bicyclic) bond motifs is 1. The van der Waals surface area contributed by atoms with Gasteiger partial charge >= 0.3 is 5.97 Å². The van der Waals surface area contributed by atoms with Crippen LogP contribution >= 0.6 is 0 Å². The van der Waals surface area contributed by atoms with Crippen LogP contribution in [0.4, 0.5) is 0 Å². The van der Waals surface area contributed by atoms with Crippen molar-refractivity contribution >= 4 is 11.9 Å². The van der Waals surface area contributed by atoms with Crippen LogP contribution in [-0.2, 0) is 11.2 Å². The Balaban J connectivity index is 1.75. The van der Waals surface area contributed by atoms with Crippen molar-refractivity contribution in [2.75, 3.05) is 0 Å². The first kappa shape index (κ1) is 16.2. The minimum absolute atomic E-state index is 0.130. The van der Waals surface area contributed by atoms with E-state index in [1.807, 2.05) is 12.1 Å². The summed E-state index contributed by atoms with van der Waals surface area (Å²) in [5.41, 5.74) is 2.60. The molecule has 2 atom stereocenters. The van der Waals surface area contributed by atoms with Gasteiger partial charge in [-0.15, -0.1) is 0 Å². The summed E-state index contributed by atoms with van der Waals surface area (Å²) in [7, 11) is 0. The average Bonchev–Trinajstić information content (AvgIpc) is 3.00. The van der Waals surface area contributed by atoms with E-state index in [-0.39, 0.29) is 11.6 Å². The van der Waals surface area contributed by atoms with Gasteiger partial charge in [-0.2, -0.15) is 0 Å². The van der Waals surface area contributed by atoms with Gasteiger partial charge in [-0.05, 0) is 49.7 Å². The van der Waals surface area contributed by atoms with Crippen LogP contribution in [0, 0.1) is 6.92 Å². The molecular formula is C18H20N2O4. The van der Waals surface area contributed by atoms with Crippen molar-refractivity contribution in [2.24, 2.45) is 0 Å². The van der Waals surface area contributed by atoms with Crippen LogP contribution in [0.25, 0.3) is 0 Å². The predicted octanol–water partition coefficient (Wildman–Crippen LogP) is 2.68. The predicted molar refractivity (Wildman–Crippen MR) is 86.9 cm³/mol. The molecule has 0 saturated heterocycles. The van der Waals surface area contributed by atoms with Crippen molar-refractivity contribution in [3.05, 3.63) is 53.2 Å². The fourth-order valence-corrected chi connectivity index (χ4v) is 3.36. The number of aryl methyl sites for hydroxylation is 2. The molecule has 0 aliphatic heterocycles. The molecule has 0 spiro atoms. The van der Waals surface area contributed by atoms with E-state index >= 15 is 0 Å². The molecule has 6 nitrogen and oxygen atoms in total. The summed E-state index contributed by atoms with van der Waals surface area (Å²) < 4.78 is 5.00. The Morgan fingerprint density at radius 2 is 2.21 bits per heavy atom. The van der Waals surface area contributed by atoms with Crippen LogP contribution in [0.1, 0.15) is 52.6 Å². The van der Waals surface area contributed by atoms with Crippen molar-refractivity contribution in [3.8, 4) is 0 Å². The van der Waals surface area contributed by atoms with E-state index in [1.54, 1.807) is 6.92 Å². The quantitative estimate of drug-likeness (QED) is 0.880. The van der Waals surface area contributed by atoms with E-state index in [0.29, 0.717) is 12.2 Å². The lowest BCUT2D eigenvalue weighted by atomic mass is 9.79. The summed E-state index contributed by atoms with van der Waals surface area (Å²) in [5, 5.41) is 12.1. The molecule has 1 heterocycles. The van der Waals surface area contributed by atoms with Gasteiger partial charge in [-0.3, -0.25) is 4.79 Å². The summed E-state index contributed by atoms with van der Waals surface area (Å²) >= 11 is 0. The number of aliphatic carboxylic acids is 1. The van der Waals surface area contributed by atoms with E-state index < -0.39 is 17.9 Å². The standard InChI is InChI=1S/C18H20N2O4/c1-11-16(19-10-24-11)17(21)20-15(18(22)23)9-13-7-4-6-12-5-2-3-8-14(12)13/h2-3,5,8,10,13,15H,4,6-7,9H2,1H3,(H,20,21)(H,22,23). The number of carboxylic acids is 1. The summed E-state index contributed by atoms with van der Waals surface area (Å²) in [6, 6.07) is 7.18. The van der Waals surface area contributed by atoms with E-state index in [1.165, 1.54) is 17.5 Å². The number of carbonyl (C=O) groups excluding carboxylic acids is 1. The topological polar surface area (TPSA) is 92.4 Å². The van der Waals surface area contributed by atoms with Crippen LogP contribution in [0.3, 0.4) is 0 Å². The molecule has 6 heteroatoms. The highest BCUT2D eigenvalue weighted by molar-refractivity contribution is 5.95. The van der Waals surface area contributed by atoms with Crippen molar-refractivity contribution in [3.63, 3.8) is 0 Å². The van der Waals surface area contributed by atoms with Crippen molar-refractivity contribution < 1.29 is 19.1 Å². The first-order valence-corrected chi connectivity index (χ1v) is 8.08. The average molecular weight is 328 g/mol. The molecule has 1 aliphatic rings. The Bertz CT molecular complexity index is 753. The third-order valence-corrected chi connectivity index (χ3v) is 4.58. The second kappa shape index (κ2) is 6.86. The van der Waals surface area contributed by atoms with Gasteiger partial charge in [0.2, 0.25) is 0 Å². The Kier molecular flexibility index (Phi) is 4.64. The molecule has 1 amide bonds. The number of carbonyl (C=O) groups is 2. The van der Waals surface area contributed by atoms with Crippen LogP contribution in [0.2, 0.25) is 0 Å². The van der Waals surface area contributed by atoms with Gasteiger partial charge < -0.3 is 14.8 Å². The third kappa shape index (κ3) is 3.32. The van der Waals surface area contributed by atoms with Gasteiger partial charge in [-0.1, -0.05) is 24.3 Å². The Labute approximate surface area is 139 Å². The molecule has 1 aliphatic carbocycles. The fourth-order valence-electron chi connectivity index (χ4n) is 3.36. The van der Waals surface area contributed by atoms with E-state index in [4.69, 9.17) is 4.42 Å². The number of carboxylic acid groups (broad SMARTS) is 1. The summed E-state index contributed by atoms with van der Waals surface area (Å²) in [4.78, 5) is 27.7. The van der Waals surface area contributed by atoms with Gasteiger partial charge in [0, 0.05) is 0 Å². The third-order valence-electron chi connectivity index (χ3n) is 4.58. The lowest BCUT2D eigenvalue weighted by Crippen LogP contribution is -2.42. The number of benzene rings is 1. The van der Waals surface area contributed by atoms with Crippen LogP contribution in [-0.4, -0.2) is 28.0 Å². The van der Waals surface area contributed by atoms with Crippen LogP contribution < -0.4 is 5.32 Å². The molecule has 2 aromatic rings. The lowest BCUT2D eigenvalue weighted by molar-refractivity contribution is -0.139. The highest BCUT2D eigenvalue weighted by Gasteiger charge is 2.29. The Morgan fingerprint density at radius 3 is 2.92 bits per heavy atom. The smallest absolute Gasteiger partial charge is 0.326 e. The van der Waals surface area contributed by atoms with E-state index in [0.717, 1.165) is 19.3 Å². The number of oxazole rings is 1. The molecule has 1 aromatic carbocycles. The molecular weight excluding hydrogens is 308 g/mol. The molecule has 24 heavy (non-hydrogen) atoms. The minimum Gasteiger partial charge on any atom is -0.480 e. The fraction of sp³-hybridized carbons (Fsp3) is 0.389. The van der Waals surface area contributed by atoms with Crippen molar-refractivity contribution in [1.82, 2.24) is 10.3 Å². The van der Waals surface area contributed by atoms with Crippen LogP contribution in [0.5, 0.6) is 0 Å². The molecule has 126 valence electrons. The number of nitrogens with zero attached hydrogens (tertiary/aromatic N) is 1. The summed E-state index contributed by atoms with van der Waals surface area (Å²) in [5.74, 6) is -1.04.